The quantitative estimate of drug-likeness (QED) is 0.155. The summed E-state index contributed by atoms with van der Waals surface area (Å²) in [7, 11) is 2.99. The third-order valence-electron chi connectivity index (χ3n) is 6.73. The lowest BCUT2D eigenvalue weighted by atomic mass is 9.92. The number of halogens is 1. The number of rotatable bonds is 9. The van der Waals surface area contributed by atoms with Crippen LogP contribution < -0.4 is 25.4 Å². The molecule has 2 heterocycles. The number of carbonyl (C=O) groups is 2. The van der Waals surface area contributed by atoms with Crippen molar-refractivity contribution >= 4 is 51.6 Å². The Labute approximate surface area is 265 Å². The maximum absolute atomic E-state index is 13.4. The molecule has 0 fully saturated rings. The molecular formula is C33H33ClN6O5. The van der Waals surface area contributed by atoms with Gasteiger partial charge in [-0.3, -0.25) is 10.1 Å². The van der Waals surface area contributed by atoms with Gasteiger partial charge in [-0.1, -0.05) is 56.6 Å². The minimum absolute atomic E-state index is 0.0879. The number of hydrogen-bond donors (Lipinski definition) is 3. The first-order chi connectivity index (χ1) is 21.5. The van der Waals surface area contributed by atoms with Crippen molar-refractivity contribution in [1.29, 1.82) is 0 Å². The van der Waals surface area contributed by atoms with Crippen LogP contribution in [0.4, 0.5) is 22.1 Å². The summed E-state index contributed by atoms with van der Waals surface area (Å²) in [5, 5.41) is 15.3. The molecule has 0 unspecified atom stereocenters. The number of nitrogens with zero attached hydrogens (tertiary/aromatic N) is 3. The number of pyridine rings is 1. The molecule has 0 aliphatic rings. The zero-order valence-electron chi connectivity index (χ0n) is 25.5. The number of benzene rings is 3. The molecule has 0 radical (unpaired) electrons. The Bertz CT molecular complexity index is 1870. The molecule has 0 saturated heterocycles. The van der Waals surface area contributed by atoms with Crippen LogP contribution in [0, 0.1) is 0 Å². The molecule has 2 aromatic heterocycles. The standard InChI is InChI=1S/C33H33ClN6O5/c1-33(2,3)28-18-30(40(39-28)20-10-12-27(44-5)24(34)16-20)38-32(42)36-25-11-13-26(23-9-7-6-8-22(23)25)45-21-14-15-35-29(17-21)37-31(41)19-43-4/h6-18H,19H2,1-5H3,(H,35,37,41)(H2,36,38,42). The minimum atomic E-state index is -0.458. The zero-order chi connectivity index (χ0) is 32.1. The van der Waals surface area contributed by atoms with Crippen LogP contribution in [-0.2, 0) is 14.9 Å². The summed E-state index contributed by atoms with van der Waals surface area (Å²) in [4.78, 5) is 29.5. The summed E-state index contributed by atoms with van der Waals surface area (Å²) >= 11 is 6.40. The lowest BCUT2D eigenvalue weighted by Crippen LogP contribution is -2.21. The van der Waals surface area contributed by atoms with E-state index in [4.69, 9.17) is 30.9 Å². The first-order valence-corrected chi connectivity index (χ1v) is 14.4. The van der Waals surface area contributed by atoms with Crippen LogP contribution in [0.1, 0.15) is 26.5 Å². The van der Waals surface area contributed by atoms with Gasteiger partial charge >= 0.3 is 6.03 Å². The van der Waals surface area contributed by atoms with Gasteiger partial charge in [-0.15, -0.1) is 0 Å². The van der Waals surface area contributed by atoms with Crippen molar-refractivity contribution in [2.24, 2.45) is 0 Å². The molecule has 0 bridgehead atoms. The summed E-state index contributed by atoms with van der Waals surface area (Å²) in [6, 6.07) is 21.1. The largest absolute Gasteiger partial charge is 0.495 e. The van der Waals surface area contributed by atoms with Gasteiger partial charge in [0.25, 0.3) is 5.91 Å². The Morgan fingerprint density at radius 1 is 0.889 bits per heavy atom. The van der Waals surface area contributed by atoms with Crippen molar-refractivity contribution < 1.29 is 23.8 Å². The van der Waals surface area contributed by atoms with Crippen molar-refractivity contribution in [1.82, 2.24) is 14.8 Å². The maximum atomic E-state index is 13.4. The number of ether oxygens (including phenoxy) is 3. The molecule has 12 heteroatoms. The van der Waals surface area contributed by atoms with Gasteiger partial charge < -0.3 is 24.8 Å². The molecule has 3 aromatic carbocycles. The van der Waals surface area contributed by atoms with Crippen LogP contribution in [0.3, 0.4) is 0 Å². The van der Waals surface area contributed by atoms with Crippen LogP contribution in [0.25, 0.3) is 16.5 Å². The second kappa shape index (κ2) is 13.2. The molecule has 3 amide bonds. The summed E-state index contributed by atoms with van der Waals surface area (Å²) in [6.07, 6.45) is 1.54. The Morgan fingerprint density at radius 2 is 1.64 bits per heavy atom. The van der Waals surface area contributed by atoms with Crippen molar-refractivity contribution in [2.45, 2.75) is 26.2 Å². The van der Waals surface area contributed by atoms with E-state index in [9.17, 15) is 9.59 Å². The monoisotopic (exact) mass is 628 g/mol. The van der Waals surface area contributed by atoms with Crippen LogP contribution in [0.2, 0.25) is 5.02 Å². The molecule has 45 heavy (non-hydrogen) atoms. The van der Waals surface area contributed by atoms with E-state index < -0.39 is 6.03 Å². The average molecular weight is 629 g/mol. The topological polar surface area (TPSA) is 129 Å². The molecule has 0 saturated carbocycles. The predicted molar refractivity (Wildman–Crippen MR) is 175 cm³/mol. The van der Waals surface area contributed by atoms with Crippen LogP contribution >= 0.6 is 11.6 Å². The molecule has 3 N–H and O–H groups in total. The smallest absolute Gasteiger partial charge is 0.324 e. The normalized spacial score (nSPS) is 11.2. The van der Waals surface area contributed by atoms with Gasteiger partial charge in [0.15, 0.2) is 0 Å². The lowest BCUT2D eigenvalue weighted by Gasteiger charge is -2.15. The van der Waals surface area contributed by atoms with Crippen LogP contribution in [-0.4, -0.2) is 47.5 Å². The van der Waals surface area contributed by atoms with E-state index in [0.29, 0.717) is 45.3 Å². The number of urea groups is 1. The fraction of sp³-hybridized carbons (Fsp3) is 0.212. The Balaban J connectivity index is 1.39. The van der Waals surface area contributed by atoms with E-state index in [0.717, 1.165) is 16.5 Å². The highest BCUT2D eigenvalue weighted by Gasteiger charge is 2.22. The van der Waals surface area contributed by atoms with Crippen molar-refractivity contribution in [2.75, 3.05) is 36.8 Å². The van der Waals surface area contributed by atoms with Crippen molar-refractivity contribution in [3.05, 3.63) is 89.7 Å². The second-order valence-electron chi connectivity index (χ2n) is 11.1. The zero-order valence-corrected chi connectivity index (χ0v) is 26.2. The Kier molecular flexibility index (Phi) is 9.21. The first-order valence-electron chi connectivity index (χ1n) is 14.0. The highest BCUT2D eigenvalue weighted by atomic mass is 35.5. The van der Waals surface area contributed by atoms with E-state index >= 15 is 0 Å². The fourth-order valence-electron chi connectivity index (χ4n) is 4.54. The number of nitrogens with one attached hydrogen (secondary N) is 3. The number of hydrogen-bond acceptors (Lipinski definition) is 7. The summed E-state index contributed by atoms with van der Waals surface area (Å²) in [5.74, 6) is 2.04. The maximum Gasteiger partial charge on any atom is 0.324 e. The minimum Gasteiger partial charge on any atom is -0.495 e. The van der Waals surface area contributed by atoms with Crippen molar-refractivity contribution in [3.63, 3.8) is 0 Å². The highest BCUT2D eigenvalue weighted by Crippen LogP contribution is 2.35. The summed E-state index contributed by atoms with van der Waals surface area (Å²) in [6.45, 7) is 6.05. The average Bonchev–Trinajstić information content (AvgIpc) is 3.43. The lowest BCUT2D eigenvalue weighted by molar-refractivity contribution is -0.119. The predicted octanol–water partition coefficient (Wildman–Crippen LogP) is 7.40. The van der Waals surface area contributed by atoms with Crippen LogP contribution in [0.15, 0.2) is 79.0 Å². The number of amides is 3. The van der Waals surface area contributed by atoms with Crippen LogP contribution in [0.5, 0.6) is 17.2 Å². The Hall–Kier alpha value is -5.13. The number of fused-ring (bicyclic) bond motifs is 1. The van der Waals surface area contributed by atoms with Gasteiger partial charge in [0.1, 0.15) is 35.5 Å². The summed E-state index contributed by atoms with van der Waals surface area (Å²) in [5.41, 5.74) is 1.75. The molecular weight excluding hydrogens is 596 g/mol. The Morgan fingerprint density at radius 3 is 2.36 bits per heavy atom. The molecule has 11 nitrogen and oxygen atoms in total. The van der Waals surface area contributed by atoms with Gasteiger partial charge in [-0.05, 0) is 36.4 Å². The third kappa shape index (κ3) is 7.34. The van der Waals surface area contributed by atoms with E-state index in [2.05, 4.69) is 20.9 Å². The van der Waals surface area contributed by atoms with E-state index in [1.807, 2.05) is 57.2 Å². The SMILES string of the molecule is COCC(=O)Nc1cc(Oc2ccc(NC(=O)Nc3cc(C(C)(C)C)nn3-c3ccc(OC)c(Cl)c3)c3ccccc23)ccn1. The van der Waals surface area contributed by atoms with Crippen molar-refractivity contribution in [3.8, 4) is 22.9 Å². The van der Waals surface area contributed by atoms with E-state index in [1.165, 1.54) is 13.3 Å². The first kappa shape index (κ1) is 31.3. The van der Waals surface area contributed by atoms with E-state index in [1.54, 1.807) is 48.2 Å². The molecule has 232 valence electrons. The molecule has 0 aliphatic carbocycles. The number of anilines is 3. The van der Waals surface area contributed by atoms with E-state index in [-0.39, 0.29) is 17.9 Å². The number of aromatic nitrogens is 3. The molecule has 0 aliphatic heterocycles. The highest BCUT2D eigenvalue weighted by molar-refractivity contribution is 6.32. The van der Waals surface area contributed by atoms with Gasteiger partial charge in [0, 0.05) is 41.6 Å². The fourth-order valence-corrected chi connectivity index (χ4v) is 4.79. The number of carbonyl (C=O) groups excluding carboxylic acids is 2. The molecule has 5 aromatic rings. The molecule has 5 rings (SSSR count). The van der Waals surface area contributed by atoms with Gasteiger partial charge in [-0.2, -0.15) is 5.10 Å². The summed E-state index contributed by atoms with van der Waals surface area (Å²) < 4.78 is 18.0. The van der Waals surface area contributed by atoms with Gasteiger partial charge in [0.2, 0.25) is 0 Å². The molecule has 0 spiro atoms. The van der Waals surface area contributed by atoms with Gasteiger partial charge in [-0.25, -0.2) is 14.5 Å². The molecule has 0 atom stereocenters. The third-order valence-corrected chi connectivity index (χ3v) is 7.03. The number of methoxy groups -OCH3 is 2. The second-order valence-corrected chi connectivity index (χ2v) is 11.5. The van der Waals surface area contributed by atoms with Gasteiger partial charge in [0.05, 0.1) is 29.2 Å².